The van der Waals surface area contributed by atoms with Crippen LogP contribution in [-0.4, -0.2) is 50.5 Å². The van der Waals surface area contributed by atoms with Gasteiger partial charge in [-0.2, -0.15) is 0 Å². The van der Waals surface area contributed by atoms with E-state index in [-0.39, 0.29) is 12.5 Å². The van der Waals surface area contributed by atoms with Crippen LogP contribution in [0.25, 0.3) is 10.8 Å². The summed E-state index contributed by atoms with van der Waals surface area (Å²) in [6.07, 6.45) is 2.75. The van der Waals surface area contributed by atoms with E-state index < -0.39 is 34.3 Å². The second-order valence-corrected chi connectivity index (χ2v) is 10.6. The second-order valence-electron chi connectivity index (χ2n) is 8.74. The van der Waals surface area contributed by atoms with Gasteiger partial charge in [-0.3, -0.25) is 13.9 Å². The van der Waals surface area contributed by atoms with Crippen LogP contribution < -0.4 is 9.62 Å². The maximum atomic E-state index is 13.6. The summed E-state index contributed by atoms with van der Waals surface area (Å²) in [6, 6.07) is 17.3. The largest absolute Gasteiger partial charge is 0.354 e. The van der Waals surface area contributed by atoms with Gasteiger partial charge >= 0.3 is 0 Å². The predicted molar refractivity (Wildman–Crippen MR) is 140 cm³/mol. The normalized spacial score (nSPS) is 12.2. The van der Waals surface area contributed by atoms with Gasteiger partial charge < -0.3 is 10.2 Å². The lowest BCUT2D eigenvalue weighted by molar-refractivity contribution is -0.139. The predicted octanol–water partition coefficient (Wildman–Crippen LogP) is 4.08. The van der Waals surface area contributed by atoms with E-state index >= 15 is 0 Å². The van der Waals surface area contributed by atoms with Crippen LogP contribution in [0.1, 0.15) is 32.3 Å². The number of halogens is 1. The third-order valence-electron chi connectivity index (χ3n) is 5.98. The Morgan fingerprint density at radius 3 is 2.33 bits per heavy atom. The summed E-state index contributed by atoms with van der Waals surface area (Å²) in [4.78, 5) is 27.8. The number of sulfonamides is 1. The maximum Gasteiger partial charge on any atom is 0.244 e. The molecule has 0 spiro atoms. The molecule has 3 aromatic carbocycles. The topological polar surface area (TPSA) is 86.8 Å². The van der Waals surface area contributed by atoms with Crippen molar-refractivity contribution in [1.29, 1.82) is 0 Å². The van der Waals surface area contributed by atoms with Crippen molar-refractivity contribution >= 4 is 38.3 Å². The molecule has 3 aromatic rings. The lowest BCUT2D eigenvalue weighted by Gasteiger charge is -2.31. The number of carbonyl (C=O) groups excluding carboxylic acids is 2. The Labute approximate surface area is 212 Å². The minimum absolute atomic E-state index is 0.0224. The van der Waals surface area contributed by atoms with Crippen LogP contribution in [0.2, 0.25) is 0 Å². The summed E-state index contributed by atoms with van der Waals surface area (Å²) in [5.74, 6) is -1.30. The Hall–Kier alpha value is -3.46. The van der Waals surface area contributed by atoms with Crippen LogP contribution in [0.4, 0.5) is 10.1 Å². The molecule has 0 saturated carbocycles. The fourth-order valence-corrected chi connectivity index (χ4v) is 4.79. The van der Waals surface area contributed by atoms with E-state index in [0.717, 1.165) is 28.8 Å². The summed E-state index contributed by atoms with van der Waals surface area (Å²) in [7, 11) is -3.84. The van der Waals surface area contributed by atoms with E-state index in [1.807, 2.05) is 25.1 Å². The lowest BCUT2D eigenvalue weighted by Crippen LogP contribution is -2.51. The van der Waals surface area contributed by atoms with E-state index in [1.165, 1.54) is 29.2 Å². The first-order chi connectivity index (χ1) is 17.1. The van der Waals surface area contributed by atoms with Gasteiger partial charge in [0, 0.05) is 18.5 Å². The van der Waals surface area contributed by atoms with Crippen LogP contribution >= 0.6 is 0 Å². The van der Waals surface area contributed by atoms with Gasteiger partial charge in [-0.1, -0.05) is 61.9 Å². The van der Waals surface area contributed by atoms with Gasteiger partial charge in [-0.15, -0.1) is 0 Å². The van der Waals surface area contributed by atoms with E-state index in [9.17, 15) is 22.4 Å². The van der Waals surface area contributed by atoms with Crippen molar-refractivity contribution < 1.29 is 22.4 Å². The van der Waals surface area contributed by atoms with Crippen molar-refractivity contribution in [2.45, 2.75) is 39.3 Å². The molecule has 2 amide bonds. The summed E-state index contributed by atoms with van der Waals surface area (Å²) < 4.78 is 40.2. The van der Waals surface area contributed by atoms with Crippen molar-refractivity contribution in [3.05, 3.63) is 78.1 Å². The molecule has 0 aliphatic heterocycles. The SMILES string of the molecule is CCCCNC(=O)[C@H](C)N(Cc1ccc(F)cc1)C(=O)CN(c1cccc2ccccc12)S(C)(=O)=O. The zero-order valence-electron chi connectivity index (χ0n) is 20.8. The number of hydrogen-bond acceptors (Lipinski definition) is 4. The summed E-state index contributed by atoms with van der Waals surface area (Å²) in [6.45, 7) is 3.62. The molecule has 0 saturated heterocycles. The number of benzene rings is 3. The molecular formula is C27H32FN3O4S. The molecule has 0 heterocycles. The van der Waals surface area contributed by atoms with Crippen molar-refractivity contribution in [3.8, 4) is 0 Å². The first-order valence-corrected chi connectivity index (χ1v) is 13.7. The highest BCUT2D eigenvalue weighted by Gasteiger charge is 2.30. The third-order valence-corrected chi connectivity index (χ3v) is 7.10. The van der Waals surface area contributed by atoms with Crippen LogP contribution in [0.3, 0.4) is 0 Å². The quantitative estimate of drug-likeness (QED) is 0.392. The zero-order chi connectivity index (χ0) is 26.3. The highest BCUT2D eigenvalue weighted by atomic mass is 32.2. The molecule has 0 unspecified atom stereocenters. The Morgan fingerprint density at radius 1 is 1.00 bits per heavy atom. The Bertz CT molecular complexity index is 1310. The van der Waals surface area contributed by atoms with Crippen molar-refractivity contribution in [2.75, 3.05) is 23.7 Å². The molecule has 9 heteroatoms. The summed E-state index contributed by atoms with van der Waals surface area (Å²) in [5, 5.41) is 4.35. The number of nitrogens with zero attached hydrogens (tertiary/aromatic N) is 2. The Balaban J connectivity index is 1.95. The monoisotopic (exact) mass is 513 g/mol. The van der Waals surface area contributed by atoms with Crippen LogP contribution in [0, 0.1) is 5.82 Å². The van der Waals surface area contributed by atoms with Gasteiger partial charge in [0.2, 0.25) is 21.8 Å². The molecule has 1 N–H and O–H groups in total. The smallest absolute Gasteiger partial charge is 0.244 e. The molecule has 0 bridgehead atoms. The fraction of sp³-hybridized carbons (Fsp3) is 0.333. The lowest BCUT2D eigenvalue weighted by atomic mass is 10.1. The maximum absolute atomic E-state index is 13.6. The molecule has 0 radical (unpaired) electrons. The molecular weight excluding hydrogens is 481 g/mol. The number of carbonyl (C=O) groups is 2. The van der Waals surface area contributed by atoms with E-state index in [0.29, 0.717) is 23.2 Å². The number of fused-ring (bicyclic) bond motifs is 1. The molecule has 0 aliphatic carbocycles. The highest BCUT2D eigenvalue weighted by molar-refractivity contribution is 7.92. The molecule has 192 valence electrons. The third kappa shape index (κ3) is 6.81. The molecule has 0 aromatic heterocycles. The minimum Gasteiger partial charge on any atom is -0.354 e. The van der Waals surface area contributed by atoms with Crippen molar-refractivity contribution in [2.24, 2.45) is 0 Å². The van der Waals surface area contributed by atoms with Crippen molar-refractivity contribution in [3.63, 3.8) is 0 Å². The Kier molecular flexibility index (Phi) is 9.03. The van der Waals surface area contributed by atoms with Gasteiger partial charge in [-0.25, -0.2) is 12.8 Å². The van der Waals surface area contributed by atoms with Crippen molar-refractivity contribution in [1.82, 2.24) is 10.2 Å². The zero-order valence-corrected chi connectivity index (χ0v) is 21.6. The number of hydrogen-bond donors (Lipinski definition) is 1. The van der Waals surface area contributed by atoms with Gasteiger partial charge in [0.15, 0.2) is 0 Å². The number of anilines is 1. The number of unbranched alkanes of at least 4 members (excludes halogenated alkanes) is 1. The fourth-order valence-electron chi connectivity index (χ4n) is 3.93. The summed E-state index contributed by atoms with van der Waals surface area (Å²) in [5.41, 5.74) is 1.000. The number of rotatable bonds is 11. The molecule has 0 fully saturated rings. The average molecular weight is 514 g/mol. The average Bonchev–Trinajstić information content (AvgIpc) is 2.85. The second kappa shape index (κ2) is 12.0. The van der Waals surface area contributed by atoms with Crippen LogP contribution in [0.15, 0.2) is 66.7 Å². The van der Waals surface area contributed by atoms with Gasteiger partial charge in [0.05, 0.1) is 11.9 Å². The van der Waals surface area contributed by atoms with E-state index in [1.54, 1.807) is 31.2 Å². The highest BCUT2D eigenvalue weighted by Crippen LogP contribution is 2.28. The van der Waals surface area contributed by atoms with Crippen LogP contribution in [0.5, 0.6) is 0 Å². The summed E-state index contributed by atoms with van der Waals surface area (Å²) >= 11 is 0. The number of amides is 2. The Morgan fingerprint density at radius 2 is 1.67 bits per heavy atom. The first-order valence-electron chi connectivity index (χ1n) is 11.9. The van der Waals surface area contributed by atoms with Gasteiger partial charge in [-0.05, 0) is 42.5 Å². The minimum atomic E-state index is -3.84. The van der Waals surface area contributed by atoms with Gasteiger partial charge in [0.25, 0.3) is 0 Å². The standard InChI is InChI=1S/C27H32FN3O4S/c1-4-5-17-29-27(33)20(2)30(18-21-13-15-23(28)16-14-21)26(32)19-31(36(3,34)35)25-12-8-10-22-9-6-7-11-24(22)25/h6-16,20H,4-5,17-19H2,1-3H3,(H,29,33)/t20-/m0/s1. The molecule has 1 atom stereocenters. The molecule has 36 heavy (non-hydrogen) atoms. The van der Waals surface area contributed by atoms with E-state index in [2.05, 4.69) is 5.32 Å². The molecule has 3 rings (SSSR count). The number of nitrogens with one attached hydrogen (secondary N) is 1. The molecule has 7 nitrogen and oxygen atoms in total. The molecule has 0 aliphatic rings. The van der Waals surface area contributed by atoms with Crippen LogP contribution in [-0.2, 0) is 26.2 Å². The van der Waals surface area contributed by atoms with E-state index in [4.69, 9.17) is 0 Å². The first kappa shape index (κ1) is 27.1. The van der Waals surface area contributed by atoms with Gasteiger partial charge in [0.1, 0.15) is 18.4 Å².